The van der Waals surface area contributed by atoms with Gasteiger partial charge in [-0.1, -0.05) is 39.8 Å². The summed E-state index contributed by atoms with van der Waals surface area (Å²) >= 11 is 0. The zero-order chi connectivity index (χ0) is 31.2. The van der Waals surface area contributed by atoms with Crippen molar-refractivity contribution in [3.8, 4) is 22.7 Å². The lowest BCUT2D eigenvalue weighted by atomic mass is 10.0. The molecule has 2 aromatic heterocycles. The molecule has 1 unspecified atom stereocenters. The highest BCUT2D eigenvalue weighted by molar-refractivity contribution is 5.95. The fraction of sp³-hybridized carbons (Fsp3) is 0.467. The normalized spacial score (nSPS) is 12.3. The molecule has 3 rings (SSSR count). The fourth-order valence-electron chi connectivity index (χ4n) is 4.16. The Hall–Kier alpha value is -4.48. The highest BCUT2D eigenvalue weighted by atomic mass is 16.6. The third kappa shape index (κ3) is 8.27. The maximum absolute atomic E-state index is 13.2. The Balaban J connectivity index is 1.92. The highest BCUT2D eigenvalue weighted by Gasteiger charge is 2.26. The first-order valence-electron chi connectivity index (χ1n) is 13.9. The van der Waals surface area contributed by atoms with E-state index in [0.29, 0.717) is 16.8 Å². The summed E-state index contributed by atoms with van der Waals surface area (Å²) in [7, 11) is 0. The zero-order valence-corrected chi connectivity index (χ0v) is 25.1. The largest absolute Gasteiger partial charge is 0.480 e. The highest BCUT2D eigenvalue weighted by Crippen LogP contribution is 2.27. The predicted octanol–water partition coefficient (Wildman–Crippen LogP) is 4.30. The van der Waals surface area contributed by atoms with Crippen LogP contribution in [-0.4, -0.2) is 61.3 Å². The molecule has 0 aliphatic heterocycles. The molecule has 0 aliphatic rings. The summed E-state index contributed by atoms with van der Waals surface area (Å²) in [6, 6.07) is 7.47. The van der Waals surface area contributed by atoms with Crippen molar-refractivity contribution in [1.82, 2.24) is 25.4 Å². The fourth-order valence-corrected chi connectivity index (χ4v) is 4.16. The van der Waals surface area contributed by atoms with Crippen molar-refractivity contribution in [2.75, 3.05) is 0 Å². The van der Waals surface area contributed by atoms with Crippen LogP contribution >= 0.6 is 0 Å². The Labute approximate surface area is 244 Å². The van der Waals surface area contributed by atoms with Gasteiger partial charge in [0.2, 0.25) is 11.7 Å². The summed E-state index contributed by atoms with van der Waals surface area (Å²) in [5.74, 6) is -3.06. The number of carbonyl (C=O) groups is 4. The number of aliphatic carboxylic acids is 1. The van der Waals surface area contributed by atoms with Crippen LogP contribution in [0.1, 0.15) is 82.4 Å². The first-order chi connectivity index (χ1) is 19.7. The molecule has 1 aromatic carbocycles. The third-order valence-electron chi connectivity index (χ3n) is 6.39. The second-order valence-corrected chi connectivity index (χ2v) is 11.3. The Morgan fingerprint density at radius 3 is 2.29 bits per heavy atom. The zero-order valence-electron chi connectivity index (χ0n) is 25.1. The minimum atomic E-state index is -1.15. The van der Waals surface area contributed by atoms with Gasteiger partial charge in [0.1, 0.15) is 23.9 Å². The van der Waals surface area contributed by atoms with Crippen LogP contribution < -0.4 is 10.6 Å². The van der Waals surface area contributed by atoms with Gasteiger partial charge in [0.15, 0.2) is 0 Å². The van der Waals surface area contributed by atoms with Crippen molar-refractivity contribution < 1.29 is 33.4 Å². The maximum atomic E-state index is 13.2. The third-order valence-corrected chi connectivity index (χ3v) is 6.39. The minimum absolute atomic E-state index is 0.0307. The van der Waals surface area contributed by atoms with Gasteiger partial charge in [0.05, 0.1) is 11.9 Å². The Morgan fingerprint density at radius 1 is 1.02 bits per heavy atom. The molecule has 0 aliphatic carbocycles. The molecule has 1 atom stereocenters. The first kappa shape index (κ1) is 32.0. The molecular weight excluding hydrogens is 542 g/mol. The van der Waals surface area contributed by atoms with Gasteiger partial charge in [-0.2, -0.15) is 5.10 Å². The number of aromatic nitrogens is 3. The Kier molecular flexibility index (Phi) is 10.3. The lowest BCUT2D eigenvalue weighted by Gasteiger charge is -2.20. The summed E-state index contributed by atoms with van der Waals surface area (Å²) in [5, 5.41) is 19.3. The maximum Gasteiger partial charge on any atom is 0.328 e. The van der Waals surface area contributed by atoms with Crippen LogP contribution in [0.3, 0.4) is 0 Å². The number of nitrogens with one attached hydrogen (secondary N) is 2. The van der Waals surface area contributed by atoms with Crippen LogP contribution in [0, 0.1) is 5.92 Å². The van der Waals surface area contributed by atoms with Crippen LogP contribution in [0.4, 0.5) is 0 Å². The van der Waals surface area contributed by atoms with E-state index in [4.69, 9.17) is 9.15 Å². The van der Waals surface area contributed by atoms with Crippen LogP contribution in [0.25, 0.3) is 22.7 Å². The number of oxazole rings is 1. The number of benzene rings is 1. The summed E-state index contributed by atoms with van der Waals surface area (Å²) in [6.07, 6.45) is 2.73. The van der Waals surface area contributed by atoms with E-state index in [2.05, 4.69) is 20.7 Å². The number of ether oxygens (including phenoxy) is 1. The number of hydrogen-bond acceptors (Lipinski definition) is 8. The van der Waals surface area contributed by atoms with Gasteiger partial charge in [-0.05, 0) is 57.7 Å². The van der Waals surface area contributed by atoms with Crippen molar-refractivity contribution in [2.24, 2.45) is 5.92 Å². The molecule has 42 heavy (non-hydrogen) atoms. The van der Waals surface area contributed by atoms with Gasteiger partial charge < -0.3 is 24.9 Å². The number of amides is 2. The Morgan fingerprint density at radius 2 is 1.69 bits per heavy atom. The molecular formula is C30H39N5O7. The predicted molar refractivity (Wildman–Crippen MR) is 155 cm³/mol. The summed E-state index contributed by atoms with van der Waals surface area (Å²) in [6.45, 7) is 12.4. The van der Waals surface area contributed by atoms with E-state index in [1.807, 2.05) is 13.8 Å². The lowest BCUT2D eigenvalue weighted by molar-refractivity contribution is -0.155. The van der Waals surface area contributed by atoms with Crippen molar-refractivity contribution in [3.63, 3.8) is 0 Å². The summed E-state index contributed by atoms with van der Waals surface area (Å²) < 4.78 is 12.4. The molecule has 12 nitrogen and oxygen atoms in total. The van der Waals surface area contributed by atoms with E-state index < -0.39 is 29.5 Å². The van der Waals surface area contributed by atoms with Gasteiger partial charge in [-0.15, -0.1) is 0 Å². The van der Waals surface area contributed by atoms with E-state index in [0.717, 1.165) is 12.8 Å². The molecule has 12 heteroatoms. The van der Waals surface area contributed by atoms with Gasteiger partial charge in [-0.3, -0.25) is 14.4 Å². The van der Waals surface area contributed by atoms with Crippen molar-refractivity contribution >= 4 is 23.8 Å². The van der Waals surface area contributed by atoms with Gasteiger partial charge in [-0.25, -0.2) is 14.5 Å². The summed E-state index contributed by atoms with van der Waals surface area (Å²) in [5.41, 5.74) is 1.08. The lowest BCUT2D eigenvalue weighted by Crippen LogP contribution is -2.44. The molecule has 2 heterocycles. The number of carboxylic acids is 1. The van der Waals surface area contributed by atoms with Gasteiger partial charge in [0.25, 0.3) is 11.8 Å². The summed E-state index contributed by atoms with van der Waals surface area (Å²) in [4.78, 5) is 54.1. The molecule has 3 N–H and O–H groups in total. The minimum Gasteiger partial charge on any atom is -0.480 e. The number of hydrogen-bond donors (Lipinski definition) is 3. The number of rotatable bonds is 12. The van der Waals surface area contributed by atoms with Gasteiger partial charge in [0, 0.05) is 17.2 Å². The smallest absolute Gasteiger partial charge is 0.328 e. The topological polar surface area (TPSA) is 166 Å². The quantitative estimate of drug-likeness (QED) is 0.264. The molecule has 0 spiro atoms. The van der Waals surface area contributed by atoms with Crippen molar-refractivity contribution in [3.05, 3.63) is 48.0 Å². The molecule has 3 aromatic rings. The second kappa shape index (κ2) is 13.5. The first-order valence-corrected chi connectivity index (χ1v) is 13.9. The monoisotopic (exact) mass is 581 g/mol. The van der Waals surface area contributed by atoms with Crippen molar-refractivity contribution in [1.29, 1.82) is 0 Å². The molecule has 0 fully saturated rings. The average Bonchev–Trinajstić information content (AvgIpc) is 3.57. The van der Waals surface area contributed by atoms with E-state index in [1.165, 1.54) is 10.9 Å². The number of esters is 1. The van der Waals surface area contributed by atoms with Crippen LogP contribution in [0.2, 0.25) is 0 Å². The van der Waals surface area contributed by atoms with Crippen molar-refractivity contribution in [2.45, 2.75) is 85.5 Å². The number of carboxylic acid groups (broad SMARTS) is 1. The molecule has 0 bridgehead atoms. The van der Waals surface area contributed by atoms with Crippen LogP contribution in [-0.2, 0) is 20.9 Å². The number of carbonyl (C=O) groups excluding carboxylic acids is 3. The van der Waals surface area contributed by atoms with Gasteiger partial charge >= 0.3 is 11.9 Å². The average molecular weight is 582 g/mol. The SMILES string of the molecule is CCC(CC)NC(=O)c1cc(-c2cccc(-c3ncc(C(=O)NC(C(=O)O)C(C)C)o3)c2)nn1CC(=O)OC(C)(C)C. The van der Waals surface area contributed by atoms with Crippen LogP contribution in [0.5, 0.6) is 0 Å². The standard InChI is InChI=1S/C30H39N5O7/c1-8-20(9-2)32-26(37)22-14-21(34-35(22)16-24(36)42-30(5,6)7)18-11-10-12-19(13-18)28-31-15-23(41-28)27(38)33-25(17(3)4)29(39)40/h10-15,17,20,25H,8-9,16H2,1-7H3,(H,32,37)(H,33,38)(H,39,40). The van der Waals surface area contributed by atoms with E-state index in [-0.39, 0.29) is 41.8 Å². The molecule has 2 amide bonds. The number of nitrogens with zero attached hydrogens (tertiary/aromatic N) is 3. The van der Waals surface area contributed by atoms with E-state index in [1.54, 1.807) is 65.0 Å². The molecule has 0 saturated carbocycles. The van der Waals surface area contributed by atoms with E-state index in [9.17, 15) is 24.3 Å². The molecule has 226 valence electrons. The molecule has 0 saturated heterocycles. The van der Waals surface area contributed by atoms with Crippen LogP contribution in [0.15, 0.2) is 40.9 Å². The Bertz CT molecular complexity index is 1430. The molecule has 0 radical (unpaired) electrons. The second-order valence-electron chi connectivity index (χ2n) is 11.3. The van der Waals surface area contributed by atoms with E-state index >= 15 is 0 Å².